The SMILES string of the molecule is COCC(CNC(C)(C)C)N1CCC2CCCCC2C1. The van der Waals surface area contributed by atoms with Crippen LogP contribution in [0.2, 0.25) is 0 Å². The van der Waals surface area contributed by atoms with Gasteiger partial charge in [-0.2, -0.15) is 0 Å². The first-order chi connectivity index (χ1) is 9.49. The minimum absolute atomic E-state index is 0.190. The standard InChI is InChI=1S/C17H34N2O/c1-17(2,3)18-11-16(13-20-4)19-10-9-14-7-5-6-8-15(14)12-19/h14-16,18H,5-13H2,1-4H3. The third kappa shape index (κ3) is 4.71. The largest absolute Gasteiger partial charge is 0.383 e. The number of nitrogens with zero attached hydrogens (tertiary/aromatic N) is 1. The van der Waals surface area contributed by atoms with E-state index in [0.29, 0.717) is 6.04 Å². The summed E-state index contributed by atoms with van der Waals surface area (Å²) in [5, 5.41) is 3.65. The summed E-state index contributed by atoms with van der Waals surface area (Å²) in [6, 6.07) is 0.530. The maximum atomic E-state index is 5.48. The summed E-state index contributed by atoms with van der Waals surface area (Å²) in [5.74, 6) is 1.96. The number of methoxy groups -OCH3 is 1. The highest BCUT2D eigenvalue weighted by atomic mass is 16.5. The van der Waals surface area contributed by atoms with Gasteiger partial charge in [0, 0.05) is 31.8 Å². The Morgan fingerprint density at radius 1 is 1.15 bits per heavy atom. The van der Waals surface area contributed by atoms with Crippen molar-refractivity contribution in [1.82, 2.24) is 10.2 Å². The average Bonchev–Trinajstić information content (AvgIpc) is 2.42. The normalized spacial score (nSPS) is 30.0. The number of rotatable bonds is 5. The fourth-order valence-corrected chi connectivity index (χ4v) is 3.87. The highest BCUT2D eigenvalue weighted by Crippen LogP contribution is 2.36. The fraction of sp³-hybridized carbons (Fsp3) is 1.00. The van der Waals surface area contributed by atoms with Crippen LogP contribution in [-0.4, -0.2) is 49.8 Å². The Bertz CT molecular complexity index is 287. The summed E-state index contributed by atoms with van der Waals surface area (Å²) in [5.41, 5.74) is 0.190. The van der Waals surface area contributed by atoms with Crippen molar-refractivity contribution in [3.05, 3.63) is 0 Å². The van der Waals surface area contributed by atoms with Crippen LogP contribution in [0.15, 0.2) is 0 Å². The molecule has 1 heterocycles. The molecule has 0 bridgehead atoms. The molecule has 3 heteroatoms. The molecule has 0 amide bonds. The van der Waals surface area contributed by atoms with Gasteiger partial charge in [-0.15, -0.1) is 0 Å². The van der Waals surface area contributed by atoms with Gasteiger partial charge in [0.15, 0.2) is 0 Å². The molecule has 118 valence electrons. The second-order valence-corrected chi connectivity index (χ2v) is 7.83. The highest BCUT2D eigenvalue weighted by Gasteiger charge is 2.33. The molecule has 1 aliphatic heterocycles. The predicted octanol–water partition coefficient (Wildman–Crippen LogP) is 2.90. The zero-order valence-electron chi connectivity index (χ0n) is 14.0. The van der Waals surface area contributed by atoms with Crippen LogP contribution in [0.25, 0.3) is 0 Å². The first kappa shape index (κ1) is 16.3. The molecule has 0 aromatic carbocycles. The summed E-state index contributed by atoms with van der Waals surface area (Å²) < 4.78 is 5.48. The Hall–Kier alpha value is -0.120. The molecule has 20 heavy (non-hydrogen) atoms. The van der Waals surface area contributed by atoms with E-state index in [-0.39, 0.29) is 5.54 Å². The smallest absolute Gasteiger partial charge is 0.0630 e. The molecule has 3 unspecified atom stereocenters. The number of hydrogen-bond acceptors (Lipinski definition) is 3. The van der Waals surface area contributed by atoms with Gasteiger partial charge in [-0.3, -0.25) is 4.90 Å². The first-order valence-electron chi connectivity index (χ1n) is 8.47. The van der Waals surface area contributed by atoms with Gasteiger partial charge in [-0.05, 0) is 52.0 Å². The maximum Gasteiger partial charge on any atom is 0.0630 e. The Balaban J connectivity index is 1.88. The molecule has 2 fully saturated rings. The molecule has 3 nitrogen and oxygen atoms in total. The maximum absolute atomic E-state index is 5.48. The highest BCUT2D eigenvalue weighted by molar-refractivity contribution is 4.88. The lowest BCUT2D eigenvalue weighted by molar-refractivity contribution is 0.0225. The Kier molecular flexibility index (Phi) is 5.88. The van der Waals surface area contributed by atoms with Gasteiger partial charge in [0.25, 0.3) is 0 Å². The first-order valence-corrected chi connectivity index (χ1v) is 8.47. The van der Waals surface area contributed by atoms with Crippen molar-refractivity contribution in [2.24, 2.45) is 11.8 Å². The molecule has 1 aliphatic carbocycles. The zero-order chi connectivity index (χ0) is 14.6. The third-order valence-corrected chi connectivity index (χ3v) is 5.07. The zero-order valence-corrected chi connectivity index (χ0v) is 14.0. The van der Waals surface area contributed by atoms with Gasteiger partial charge < -0.3 is 10.1 Å². The van der Waals surface area contributed by atoms with Gasteiger partial charge >= 0.3 is 0 Å². The molecule has 0 aromatic heterocycles. The predicted molar refractivity (Wildman–Crippen MR) is 85.1 cm³/mol. The minimum atomic E-state index is 0.190. The molecule has 0 radical (unpaired) electrons. The number of ether oxygens (including phenoxy) is 1. The van der Waals surface area contributed by atoms with Crippen LogP contribution in [0.5, 0.6) is 0 Å². The molecular weight excluding hydrogens is 248 g/mol. The lowest BCUT2D eigenvalue weighted by Crippen LogP contribution is -2.54. The number of likely N-dealkylation sites (tertiary alicyclic amines) is 1. The van der Waals surface area contributed by atoms with E-state index in [1.807, 2.05) is 7.11 Å². The van der Waals surface area contributed by atoms with Crippen molar-refractivity contribution in [2.45, 2.75) is 64.5 Å². The van der Waals surface area contributed by atoms with Crippen LogP contribution in [0.3, 0.4) is 0 Å². The van der Waals surface area contributed by atoms with Gasteiger partial charge in [0.05, 0.1) is 6.61 Å². The van der Waals surface area contributed by atoms with Gasteiger partial charge in [-0.25, -0.2) is 0 Å². The minimum Gasteiger partial charge on any atom is -0.383 e. The molecule has 0 aromatic rings. The number of piperidine rings is 1. The van der Waals surface area contributed by atoms with E-state index in [2.05, 4.69) is 31.0 Å². The number of hydrogen-bond donors (Lipinski definition) is 1. The van der Waals surface area contributed by atoms with E-state index < -0.39 is 0 Å². The Morgan fingerprint density at radius 2 is 1.85 bits per heavy atom. The van der Waals surface area contributed by atoms with Crippen LogP contribution in [0.1, 0.15) is 52.9 Å². The molecule has 2 aliphatic rings. The van der Waals surface area contributed by atoms with Crippen LogP contribution in [0.4, 0.5) is 0 Å². The van der Waals surface area contributed by atoms with Gasteiger partial charge in [-0.1, -0.05) is 19.3 Å². The van der Waals surface area contributed by atoms with Crippen molar-refractivity contribution in [2.75, 3.05) is 33.4 Å². The number of nitrogens with one attached hydrogen (secondary N) is 1. The second kappa shape index (κ2) is 7.24. The van der Waals surface area contributed by atoms with E-state index in [1.54, 1.807) is 0 Å². The number of fused-ring (bicyclic) bond motifs is 1. The quantitative estimate of drug-likeness (QED) is 0.839. The van der Waals surface area contributed by atoms with Crippen molar-refractivity contribution in [3.8, 4) is 0 Å². The Labute approximate surface area is 125 Å². The van der Waals surface area contributed by atoms with E-state index in [1.165, 1.54) is 45.2 Å². The summed E-state index contributed by atoms with van der Waals surface area (Å²) in [6.07, 6.45) is 7.25. The van der Waals surface area contributed by atoms with E-state index in [9.17, 15) is 0 Å². The van der Waals surface area contributed by atoms with Crippen LogP contribution < -0.4 is 5.32 Å². The summed E-state index contributed by atoms with van der Waals surface area (Å²) >= 11 is 0. The van der Waals surface area contributed by atoms with Crippen LogP contribution in [-0.2, 0) is 4.74 Å². The van der Waals surface area contributed by atoms with Crippen molar-refractivity contribution in [3.63, 3.8) is 0 Å². The average molecular weight is 282 g/mol. The molecular formula is C17H34N2O. The van der Waals surface area contributed by atoms with E-state index in [4.69, 9.17) is 4.74 Å². The van der Waals surface area contributed by atoms with Crippen molar-refractivity contribution in [1.29, 1.82) is 0 Å². The summed E-state index contributed by atoms with van der Waals surface area (Å²) in [7, 11) is 1.83. The second-order valence-electron chi connectivity index (χ2n) is 7.83. The van der Waals surface area contributed by atoms with Gasteiger partial charge in [0.2, 0.25) is 0 Å². The lowest BCUT2D eigenvalue weighted by atomic mass is 9.75. The summed E-state index contributed by atoms with van der Waals surface area (Å²) in [4.78, 5) is 2.69. The molecule has 3 atom stereocenters. The molecule has 2 rings (SSSR count). The van der Waals surface area contributed by atoms with Crippen molar-refractivity contribution < 1.29 is 4.74 Å². The fourth-order valence-electron chi connectivity index (χ4n) is 3.87. The third-order valence-electron chi connectivity index (χ3n) is 5.07. The van der Waals surface area contributed by atoms with Gasteiger partial charge in [0.1, 0.15) is 0 Å². The molecule has 1 N–H and O–H groups in total. The molecule has 0 spiro atoms. The lowest BCUT2D eigenvalue weighted by Gasteiger charge is -2.44. The van der Waals surface area contributed by atoms with Crippen LogP contribution >= 0.6 is 0 Å². The Morgan fingerprint density at radius 3 is 2.50 bits per heavy atom. The van der Waals surface area contributed by atoms with E-state index in [0.717, 1.165) is 25.0 Å². The van der Waals surface area contributed by atoms with Crippen LogP contribution in [0, 0.1) is 11.8 Å². The molecule has 1 saturated heterocycles. The van der Waals surface area contributed by atoms with Crippen molar-refractivity contribution >= 4 is 0 Å². The monoisotopic (exact) mass is 282 g/mol. The topological polar surface area (TPSA) is 24.5 Å². The molecule has 1 saturated carbocycles. The summed E-state index contributed by atoms with van der Waals surface area (Å²) in [6.45, 7) is 11.2. The van der Waals surface area contributed by atoms with E-state index >= 15 is 0 Å².